The minimum absolute atomic E-state index is 0.0663. The van der Waals surface area contributed by atoms with E-state index in [0.717, 1.165) is 36.3 Å². The second-order valence-electron chi connectivity index (χ2n) is 9.16. The maximum atomic E-state index is 13.5. The predicted octanol–water partition coefficient (Wildman–Crippen LogP) is 7.87. The van der Waals surface area contributed by atoms with E-state index in [1.54, 1.807) is 0 Å². The highest BCUT2D eigenvalue weighted by Crippen LogP contribution is 2.45. The molecule has 0 aromatic heterocycles. The first-order valence-electron chi connectivity index (χ1n) is 11.8. The van der Waals surface area contributed by atoms with Crippen molar-refractivity contribution in [3.05, 3.63) is 82.9 Å². The molecule has 3 nitrogen and oxygen atoms in total. The summed E-state index contributed by atoms with van der Waals surface area (Å²) in [6.45, 7) is 9.84. The van der Waals surface area contributed by atoms with Crippen molar-refractivity contribution in [3.8, 4) is 0 Å². The van der Waals surface area contributed by atoms with Crippen molar-refractivity contribution in [2.24, 2.45) is 5.41 Å². The van der Waals surface area contributed by atoms with Crippen LogP contribution in [-0.2, 0) is 4.79 Å². The molecule has 4 atom stereocenters. The van der Waals surface area contributed by atoms with Crippen LogP contribution in [0.4, 0.5) is 0 Å². The molecule has 1 heterocycles. The average Bonchev–Trinajstić information content (AvgIpc) is 2.79. The fourth-order valence-electron chi connectivity index (χ4n) is 4.48. The van der Waals surface area contributed by atoms with Crippen LogP contribution in [0.25, 0.3) is 0 Å². The summed E-state index contributed by atoms with van der Waals surface area (Å²) >= 11 is 11.6. The molecule has 0 spiro atoms. The number of rotatable bonds is 8. The van der Waals surface area contributed by atoms with Crippen LogP contribution in [0.2, 0.25) is 10.0 Å². The van der Waals surface area contributed by atoms with Gasteiger partial charge in [-0.1, -0.05) is 73.5 Å². The first-order chi connectivity index (χ1) is 15.7. The zero-order valence-electron chi connectivity index (χ0n) is 20.0. The van der Waals surface area contributed by atoms with E-state index in [1.807, 2.05) is 67.6 Å². The zero-order chi connectivity index (χ0) is 24.4. The van der Waals surface area contributed by atoms with Gasteiger partial charge in [-0.2, -0.15) is 0 Å². The maximum absolute atomic E-state index is 13.5. The molecule has 5 heteroatoms. The lowest BCUT2D eigenvalue weighted by molar-refractivity contribution is -0.153. The third-order valence-electron chi connectivity index (χ3n) is 6.42. The lowest BCUT2D eigenvalue weighted by Crippen LogP contribution is -2.53. The van der Waals surface area contributed by atoms with Gasteiger partial charge in [0.15, 0.2) is 0 Å². The zero-order valence-corrected chi connectivity index (χ0v) is 21.5. The van der Waals surface area contributed by atoms with Gasteiger partial charge in [0.25, 0.3) is 0 Å². The lowest BCUT2D eigenvalue weighted by atomic mass is 9.74. The molecule has 1 fully saturated rings. The van der Waals surface area contributed by atoms with Gasteiger partial charge in [-0.3, -0.25) is 4.79 Å². The number of likely N-dealkylation sites (tertiary alicyclic amines) is 1. The van der Waals surface area contributed by atoms with E-state index in [9.17, 15) is 9.90 Å². The van der Waals surface area contributed by atoms with E-state index in [2.05, 4.69) is 25.3 Å². The molecular formula is C28H37Cl2NO2. The number of hydrogen-bond donors (Lipinski definition) is 1. The molecule has 3 rings (SSSR count). The Bertz CT molecular complexity index is 869. The minimum atomic E-state index is -0.386. The summed E-state index contributed by atoms with van der Waals surface area (Å²) in [6.07, 6.45) is 6.39. The number of aliphatic hydroxyl groups is 1. The summed E-state index contributed by atoms with van der Waals surface area (Å²) in [5.74, 6) is 0.209. The first kappa shape index (κ1) is 27.4. The van der Waals surface area contributed by atoms with Crippen molar-refractivity contribution in [2.75, 3.05) is 0 Å². The summed E-state index contributed by atoms with van der Waals surface area (Å²) in [4.78, 5) is 15.6. The van der Waals surface area contributed by atoms with E-state index < -0.39 is 0 Å². The van der Waals surface area contributed by atoms with E-state index in [-0.39, 0.29) is 29.5 Å². The number of piperidine rings is 1. The van der Waals surface area contributed by atoms with Gasteiger partial charge in [0.1, 0.15) is 0 Å². The van der Waals surface area contributed by atoms with E-state index in [0.29, 0.717) is 17.9 Å². The summed E-state index contributed by atoms with van der Waals surface area (Å²) in [5.41, 5.74) is 0.752. The smallest absolute Gasteiger partial charge is 0.229 e. The Morgan fingerprint density at radius 3 is 2.21 bits per heavy atom. The molecule has 0 saturated carbocycles. The fourth-order valence-corrected chi connectivity index (χ4v) is 4.75. The largest absolute Gasteiger partial charge is 0.393 e. The van der Waals surface area contributed by atoms with Crippen molar-refractivity contribution in [1.82, 2.24) is 4.90 Å². The van der Waals surface area contributed by atoms with Crippen LogP contribution in [-0.4, -0.2) is 28.1 Å². The van der Waals surface area contributed by atoms with Crippen LogP contribution < -0.4 is 0 Å². The number of nitrogens with zero attached hydrogens (tertiary/aromatic N) is 1. The molecule has 0 bridgehead atoms. The van der Waals surface area contributed by atoms with Gasteiger partial charge in [-0.05, 0) is 75.3 Å². The van der Waals surface area contributed by atoms with Gasteiger partial charge in [0.2, 0.25) is 5.91 Å². The van der Waals surface area contributed by atoms with Crippen LogP contribution in [0.5, 0.6) is 0 Å². The number of allylic oxidation sites excluding steroid dienone is 1. The summed E-state index contributed by atoms with van der Waals surface area (Å²) < 4.78 is 0. The standard InChI is InChI=1S/C22H32ClNO2.C6H5Cl/c1-5-14-22(4)15-13-20(17-8-10-18(23)11-9-17)24(21(22)26)19(6-2)12-7-16(3)25;7-6-4-2-1-3-5-6/h5,8-11,16,19-20,25H,1,6-7,12-15H2,2-4H3;1-5H. The van der Waals surface area contributed by atoms with Crippen LogP contribution in [0.3, 0.4) is 0 Å². The minimum Gasteiger partial charge on any atom is -0.393 e. The third-order valence-corrected chi connectivity index (χ3v) is 6.93. The van der Waals surface area contributed by atoms with E-state index >= 15 is 0 Å². The fraction of sp³-hybridized carbons (Fsp3) is 0.464. The third kappa shape index (κ3) is 7.88. The van der Waals surface area contributed by atoms with Crippen molar-refractivity contribution < 1.29 is 9.90 Å². The molecule has 2 aromatic carbocycles. The molecule has 180 valence electrons. The van der Waals surface area contributed by atoms with Crippen molar-refractivity contribution >= 4 is 29.1 Å². The number of hydrogen-bond acceptors (Lipinski definition) is 2. The Morgan fingerprint density at radius 2 is 1.73 bits per heavy atom. The summed E-state index contributed by atoms with van der Waals surface area (Å²) in [7, 11) is 0. The van der Waals surface area contributed by atoms with Crippen LogP contribution >= 0.6 is 23.2 Å². The maximum Gasteiger partial charge on any atom is 0.229 e. The SMILES string of the molecule is C=CCC1(C)CCC(c2ccc(Cl)cc2)N(C(CC)CCC(C)O)C1=O.Clc1ccccc1. The van der Waals surface area contributed by atoms with Gasteiger partial charge >= 0.3 is 0 Å². The molecule has 0 aliphatic carbocycles. The summed E-state index contributed by atoms with van der Waals surface area (Å²) in [6, 6.07) is 17.5. The highest BCUT2D eigenvalue weighted by Gasteiger charge is 2.45. The number of benzene rings is 2. The van der Waals surface area contributed by atoms with E-state index in [1.165, 1.54) is 0 Å². The highest BCUT2D eigenvalue weighted by molar-refractivity contribution is 6.30. The predicted molar refractivity (Wildman–Crippen MR) is 140 cm³/mol. The van der Waals surface area contributed by atoms with Crippen molar-refractivity contribution in [3.63, 3.8) is 0 Å². The Kier molecular flexibility index (Phi) is 11.0. The molecule has 1 aliphatic rings. The number of halogens is 2. The van der Waals surface area contributed by atoms with E-state index in [4.69, 9.17) is 23.2 Å². The Balaban J connectivity index is 0.000000468. The van der Waals surface area contributed by atoms with Gasteiger partial charge in [-0.15, -0.1) is 6.58 Å². The van der Waals surface area contributed by atoms with Gasteiger partial charge in [0, 0.05) is 16.1 Å². The molecule has 1 N–H and O–H groups in total. The number of amides is 1. The summed E-state index contributed by atoms with van der Waals surface area (Å²) in [5, 5.41) is 11.2. The molecule has 2 aromatic rings. The molecule has 33 heavy (non-hydrogen) atoms. The van der Waals surface area contributed by atoms with Crippen molar-refractivity contribution in [1.29, 1.82) is 0 Å². The quantitative estimate of drug-likeness (QED) is 0.383. The Labute approximate surface area is 209 Å². The highest BCUT2D eigenvalue weighted by atomic mass is 35.5. The Hall–Kier alpha value is -1.81. The Morgan fingerprint density at radius 1 is 1.12 bits per heavy atom. The topological polar surface area (TPSA) is 40.5 Å². The van der Waals surface area contributed by atoms with Gasteiger partial charge in [-0.25, -0.2) is 0 Å². The lowest BCUT2D eigenvalue weighted by Gasteiger charge is -2.48. The van der Waals surface area contributed by atoms with Crippen LogP contribution in [0.1, 0.15) is 70.9 Å². The normalized spacial score (nSPS) is 22.2. The molecule has 1 saturated heterocycles. The molecular weight excluding hydrogens is 453 g/mol. The van der Waals surface area contributed by atoms with Gasteiger partial charge in [0.05, 0.1) is 17.6 Å². The number of aliphatic hydroxyl groups excluding tert-OH is 1. The first-order valence-corrected chi connectivity index (χ1v) is 12.5. The molecule has 1 amide bonds. The van der Waals surface area contributed by atoms with Crippen molar-refractivity contribution in [2.45, 2.75) is 77.5 Å². The second kappa shape index (κ2) is 13.2. The monoisotopic (exact) mass is 489 g/mol. The second-order valence-corrected chi connectivity index (χ2v) is 10.0. The molecule has 4 unspecified atom stereocenters. The number of carbonyl (C=O) groups is 1. The molecule has 1 aliphatic heterocycles. The van der Waals surface area contributed by atoms with Crippen LogP contribution in [0, 0.1) is 5.41 Å². The van der Waals surface area contributed by atoms with Gasteiger partial charge < -0.3 is 10.0 Å². The molecule has 0 radical (unpaired) electrons. The average molecular weight is 491 g/mol. The van der Waals surface area contributed by atoms with Crippen LogP contribution in [0.15, 0.2) is 67.3 Å². The number of carbonyl (C=O) groups excluding carboxylic acids is 1.